The largest absolute Gasteiger partial charge is 0.490 e. The molecule has 0 aliphatic carbocycles. The number of hydrogen-bond acceptors (Lipinski definition) is 4. The van der Waals surface area contributed by atoms with Crippen molar-refractivity contribution in [3.63, 3.8) is 0 Å². The first-order valence-electron chi connectivity index (χ1n) is 10.3. The topological polar surface area (TPSA) is 76.5 Å². The fourth-order valence-corrected chi connectivity index (χ4v) is 3.70. The summed E-state index contributed by atoms with van der Waals surface area (Å²) in [6.45, 7) is 8.37. The summed E-state index contributed by atoms with van der Waals surface area (Å²) in [7, 11) is 0. The van der Waals surface area contributed by atoms with E-state index in [1.54, 1.807) is 27.9 Å². The van der Waals surface area contributed by atoms with E-state index in [1.807, 2.05) is 64.1 Å². The van der Waals surface area contributed by atoms with Gasteiger partial charge in [-0.3, -0.25) is 9.59 Å². The molecule has 0 spiro atoms. The Labute approximate surface area is 181 Å². The van der Waals surface area contributed by atoms with E-state index in [4.69, 9.17) is 4.74 Å². The highest BCUT2D eigenvalue weighted by Gasteiger charge is 2.37. The van der Waals surface area contributed by atoms with Gasteiger partial charge in [0, 0.05) is 18.3 Å². The minimum absolute atomic E-state index is 0.0227. The van der Waals surface area contributed by atoms with E-state index in [0.29, 0.717) is 29.2 Å². The van der Waals surface area contributed by atoms with Gasteiger partial charge in [0.1, 0.15) is 12.4 Å². The van der Waals surface area contributed by atoms with E-state index < -0.39 is 5.41 Å². The van der Waals surface area contributed by atoms with Crippen LogP contribution in [-0.4, -0.2) is 34.7 Å². The second-order valence-corrected chi connectivity index (χ2v) is 8.25. The Bertz CT molecular complexity index is 1130. The second kappa shape index (κ2) is 7.91. The monoisotopic (exact) mass is 418 g/mol. The zero-order chi connectivity index (χ0) is 22.2. The highest BCUT2D eigenvalue weighted by atomic mass is 16.5. The zero-order valence-electron chi connectivity index (χ0n) is 18.2. The number of ether oxygens (including phenoxy) is 1. The van der Waals surface area contributed by atoms with E-state index >= 15 is 0 Å². The molecule has 1 N–H and O–H groups in total. The third-order valence-electron chi connectivity index (χ3n) is 5.49. The van der Waals surface area contributed by atoms with Crippen molar-refractivity contribution in [2.75, 3.05) is 23.4 Å². The summed E-state index contributed by atoms with van der Waals surface area (Å²) in [4.78, 5) is 27.5. The summed E-state index contributed by atoms with van der Waals surface area (Å²) in [5.74, 6) is 0.349. The number of carbonyl (C=O) groups excluding carboxylic acids is 2. The number of hydrogen-bond donors (Lipinski definition) is 1. The Morgan fingerprint density at radius 1 is 1.19 bits per heavy atom. The third-order valence-corrected chi connectivity index (χ3v) is 5.49. The van der Waals surface area contributed by atoms with Crippen LogP contribution in [0.5, 0.6) is 5.75 Å². The van der Waals surface area contributed by atoms with Crippen molar-refractivity contribution >= 4 is 23.2 Å². The summed E-state index contributed by atoms with van der Waals surface area (Å²) in [6.07, 6.45) is 1.57. The summed E-state index contributed by atoms with van der Waals surface area (Å²) in [5.41, 5.74) is 2.82. The van der Waals surface area contributed by atoms with Crippen LogP contribution in [0.15, 0.2) is 54.7 Å². The van der Waals surface area contributed by atoms with Crippen LogP contribution in [0.2, 0.25) is 0 Å². The summed E-state index contributed by atoms with van der Waals surface area (Å²) in [5, 5.41) is 7.29. The lowest BCUT2D eigenvalue weighted by molar-refractivity contribution is -0.127. The molecule has 2 amide bonds. The van der Waals surface area contributed by atoms with E-state index in [0.717, 1.165) is 11.4 Å². The number of benzene rings is 2. The van der Waals surface area contributed by atoms with Gasteiger partial charge in [0.25, 0.3) is 5.91 Å². The van der Waals surface area contributed by atoms with Crippen molar-refractivity contribution in [2.45, 2.75) is 27.7 Å². The van der Waals surface area contributed by atoms with Gasteiger partial charge in [-0.1, -0.05) is 18.2 Å². The molecule has 2 heterocycles. The average molecular weight is 418 g/mol. The van der Waals surface area contributed by atoms with E-state index in [9.17, 15) is 9.59 Å². The van der Waals surface area contributed by atoms with Crippen LogP contribution in [0.4, 0.5) is 11.4 Å². The maximum Gasteiger partial charge on any atom is 0.259 e. The van der Waals surface area contributed by atoms with Crippen LogP contribution in [0, 0.1) is 12.3 Å². The molecule has 7 nitrogen and oxygen atoms in total. The molecule has 0 unspecified atom stereocenters. The molecule has 4 rings (SSSR count). The highest BCUT2D eigenvalue weighted by molar-refractivity contribution is 6.05. The van der Waals surface area contributed by atoms with Crippen molar-refractivity contribution in [2.24, 2.45) is 5.41 Å². The smallest absolute Gasteiger partial charge is 0.259 e. The first-order chi connectivity index (χ1) is 14.8. The number of para-hydroxylation sites is 1. The third kappa shape index (κ3) is 3.79. The van der Waals surface area contributed by atoms with Gasteiger partial charge in [-0.25, -0.2) is 4.68 Å². The highest BCUT2D eigenvalue weighted by Crippen LogP contribution is 2.38. The minimum Gasteiger partial charge on any atom is -0.490 e. The maximum absolute atomic E-state index is 12.9. The molecule has 1 aromatic heterocycles. The Hall–Kier alpha value is -3.61. The number of amides is 2. The predicted octanol–water partition coefficient (Wildman–Crippen LogP) is 4.20. The molecule has 0 fully saturated rings. The van der Waals surface area contributed by atoms with Crippen molar-refractivity contribution in [3.05, 3.63) is 66.0 Å². The standard InChI is InChI=1S/C24H26N4O3/c1-5-27-20-12-11-17(13-21(20)31-15-24(3,4)23(27)30)26-22(29)19-14-25-28(16(19)2)18-9-7-6-8-10-18/h6-14H,5,15H2,1-4H3,(H,26,29). The lowest BCUT2D eigenvalue weighted by atomic mass is 9.93. The normalized spacial score (nSPS) is 15.1. The first-order valence-corrected chi connectivity index (χ1v) is 10.3. The number of nitrogens with one attached hydrogen (secondary N) is 1. The predicted molar refractivity (Wildman–Crippen MR) is 120 cm³/mol. The lowest BCUT2D eigenvalue weighted by Crippen LogP contribution is -2.42. The molecular weight excluding hydrogens is 392 g/mol. The molecule has 0 saturated heterocycles. The summed E-state index contributed by atoms with van der Waals surface area (Å²) < 4.78 is 7.69. The van der Waals surface area contributed by atoms with Crippen LogP contribution in [0.25, 0.3) is 5.69 Å². The van der Waals surface area contributed by atoms with Crippen LogP contribution in [-0.2, 0) is 4.79 Å². The van der Waals surface area contributed by atoms with Crippen LogP contribution in [0.3, 0.4) is 0 Å². The molecule has 2 aromatic carbocycles. The molecule has 3 aromatic rings. The molecule has 0 atom stereocenters. The molecule has 7 heteroatoms. The van der Waals surface area contributed by atoms with Gasteiger partial charge in [-0.2, -0.15) is 5.10 Å². The molecule has 1 aliphatic heterocycles. The number of rotatable bonds is 4. The number of nitrogens with zero attached hydrogens (tertiary/aromatic N) is 3. The molecule has 0 radical (unpaired) electrons. The Morgan fingerprint density at radius 3 is 2.65 bits per heavy atom. The average Bonchev–Trinajstić information content (AvgIpc) is 3.11. The number of aromatic nitrogens is 2. The van der Waals surface area contributed by atoms with Crippen molar-refractivity contribution < 1.29 is 14.3 Å². The van der Waals surface area contributed by atoms with Crippen molar-refractivity contribution in [1.29, 1.82) is 0 Å². The van der Waals surface area contributed by atoms with Crippen molar-refractivity contribution in [3.8, 4) is 11.4 Å². The molecule has 1 aliphatic rings. The van der Waals surface area contributed by atoms with Crippen LogP contribution in [0.1, 0.15) is 36.8 Å². The first kappa shape index (κ1) is 20.7. The maximum atomic E-state index is 12.9. The Morgan fingerprint density at radius 2 is 1.94 bits per heavy atom. The van der Waals surface area contributed by atoms with Crippen LogP contribution < -0.4 is 15.0 Å². The summed E-state index contributed by atoms with van der Waals surface area (Å²) in [6, 6.07) is 15.0. The number of anilines is 2. The fourth-order valence-electron chi connectivity index (χ4n) is 3.70. The molecule has 160 valence electrons. The Balaban J connectivity index is 1.59. The van der Waals surface area contributed by atoms with Crippen LogP contribution >= 0.6 is 0 Å². The van der Waals surface area contributed by atoms with Gasteiger partial charge in [0.2, 0.25) is 5.91 Å². The lowest BCUT2D eigenvalue weighted by Gasteiger charge is -2.26. The Kier molecular flexibility index (Phi) is 5.27. The number of fused-ring (bicyclic) bond motifs is 1. The minimum atomic E-state index is -0.623. The molecule has 31 heavy (non-hydrogen) atoms. The molecule has 0 saturated carbocycles. The van der Waals surface area contributed by atoms with E-state index in [2.05, 4.69) is 10.4 Å². The number of carbonyl (C=O) groups is 2. The van der Waals surface area contributed by atoms with Gasteiger partial charge in [-0.15, -0.1) is 0 Å². The zero-order valence-corrected chi connectivity index (χ0v) is 18.2. The molecule has 0 bridgehead atoms. The van der Waals surface area contributed by atoms with Gasteiger partial charge in [0.15, 0.2) is 0 Å². The van der Waals surface area contributed by atoms with Gasteiger partial charge < -0.3 is 15.0 Å². The molecular formula is C24H26N4O3. The van der Waals surface area contributed by atoms with Gasteiger partial charge in [-0.05, 0) is 52.0 Å². The van der Waals surface area contributed by atoms with E-state index in [-0.39, 0.29) is 18.4 Å². The quantitative estimate of drug-likeness (QED) is 0.689. The second-order valence-electron chi connectivity index (χ2n) is 8.25. The SMILES string of the molecule is CCN1C(=O)C(C)(C)COc2cc(NC(=O)c3cnn(-c4ccccc4)c3C)ccc21. The fraction of sp³-hybridized carbons (Fsp3) is 0.292. The van der Waals surface area contributed by atoms with Crippen molar-refractivity contribution in [1.82, 2.24) is 9.78 Å². The summed E-state index contributed by atoms with van der Waals surface area (Å²) >= 11 is 0. The van der Waals surface area contributed by atoms with E-state index in [1.165, 1.54) is 0 Å². The van der Waals surface area contributed by atoms with Gasteiger partial charge in [0.05, 0.1) is 34.2 Å². The van der Waals surface area contributed by atoms with Gasteiger partial charge >= 0.3 is 0 Å².